The van der Waals surface area contributed by atoms with E-state index in [-0.39, 0.29) is 6.61 Å². The molecule has 3 nitrogen and oxygen atoms in total. The second-order valence-electron chi connectivity index (χ2n) is 12.6. The summed E-state index contributed by atoms with van der Waals surface area (Å²) in [5.41, 5.74) is 13.8. The Morgan fingerprint density at radius 3 is 1.00 bits per heavy atom. The van der Waals surface area contributed by atoms with Crippen LogP contribution in [0, 0.1) is 0 Å². The molecule has 0 atom stereocenters. The summed E-state index contributed by atoms with van der Waals surface area (Å²) in [6.45, 7) is 2.07. The average molecular weight is 703 g/mol. The molecule has 0 bridgehead atoms. The summed E-state index contributed by atoms with van der Waals surface area (Å²) in [7, 11) is 0. The third-order valence-corrected chi connectivity index (χ3v) is 8.98. The molecule has 0 heterocycles. The molecule has 0 aromatic heterocycles. The van der Waals surface area contributed by atoms with Crippen LogP contribution in [-0.4, -0.2) is 18.3 Å². The first kappa shape index (κ1) is 36.5. The molecule has 0 aliphatic rings. The van der Waals surface area contributed by atoms with Crippen LogP contribution < -0.4 is 0 Å². The molecule has 0 aliphatic heterocycles. The number of hydrogen-bond acceptors (Lipinski definition) is 3. The van der Waals surface area contributed by atoms with E-state index < -0.39 is 0 Å². The van der Waals surface area contributed by atoms with Gasteiger partial charge < -0.3 is 14.6 Å². The molecule has 0 radical (unpaired) electrons. The Labute approximate surface area is 312 Å². The highest BCUT2D eigenvalue weighted by Gasteiger charge is 2.01. The number of benzene rings is 6. The smallest absolute Gasteiger partial charge is 0.0721 e. The lowest BCUT2D eigenvalue weighted by Crippen LogP contribution is -1.98. The predicted octanol–water partition coefficient (Wildman–Crippen LogP) is 11.8. The van der Waals surface area contributed by atoms with Gasteiger partial charge in [0.15, 0.2) is 0 Å². The molecule has 6 aromatic rings. The van der Waals surface area contributed by atoms with Crippen molar-refractivity contribution in [3.63, 3.8) is 0 Å². The minimum absolute atomic E-state index is 0.0425. The molecule has 260 valence electrons. The zero-order valence-electron chi connectivity index (χ0n) is 29.2. The molecule has 6 aromatic carbocycles. The molecular formula is C48H43ClO3. The maximum absolute atomic E-state index is 8.87. The van der Waals surface area contributed by atoms with Gasteiger partial charge in [0.1, 0.15) is 0 Å². The molecule has 1 N–H and O–H groups in total. The molecule has 0 spiro atoms. The molecule has 52 heavy (non-hydrogen) atoms. The lowest BCUT2D eigenvalue weighted by molar-refractivity contribution is 0.0815. The molecular weight excluding hydrogens is 660 g/mol. The van der Waals surface area contributed by atoms with E-state index in [1.54, 1.807) is 0 Å². The number of aliphatic hydroxyl groups excluding tert-OH is 1. The Bertz CT molecular complexity index is 2040. The van der Waals surface area contributed by atoms with Gasteiger partial charge in [-0.1, -0.05) is 182 Å². The quantitative estimate of drug-likeness (QED) is 0.0620. The molecule has 0 aliphatic carbocycles. The Balaban J connectivity index is 0.943. The standard InChI is InChI=1S/C48H43ClO3/c49-33-43-17-21-45(22-18-43)36-52-35-44-19-15-41(16-20-44)12-11-39-5-3-37(4-6-39)1-2-38-7-9-40(10-8-38)13-14-42-23-27-47(28-24-42)48-29-25-46(26-30-48)34-51-32-31-50/h1-30,50H,31-36H2/b2-1+,12-11+,14-13+. The first-order chi connectivity index (χ1) is 25.6. The van der Waals surface area contributed by atoms with Crippen molar-refractivity contribution in [2.24, 2.45) is 0 Å². The third kappa shape index (κ3) is 11.4. The van der Waals surface area contributed by atoms with Crippen LogP contribution in [0.15, 0.2) is 146 Å². The summed E-state index contributed by atoms with van der Waals surface area (Å²) < 4.78 is 11.3. The molecule has 0 unspecified atom stereocenters. The van der Waals surface area contributed by atoms with E-state index in [0.29, 0.717) is 32.3 Å². The molecule has 6 rings (SSSR count). The predicted molar refractivity (Wildman–Crippen MR) is 219 cm³/mol. The highest BCUT2D eigenvalue weighted by molar-refractivity contribution is 6.17. The summed E-state index contributed by atoms with van der Waals surface area (Å²) in [5.74, 6) is 0.530. The summed E-state index contributed by atoms with van der Waals surface area (Å²) in [6, 6.07) is 50.8. The summed E-state index contributed by atoms with van der Waals surface area (Å²) in [6.07, 6.45) is 12.9. The van der Waals surface area contributed by atoms with Gasteiger partial charge in [0.05, 0.1) is 33.0 Å². The van der Waals surface area contributed by atoms with E-state index >= 15 is 0 Å². The summed E-state index contributed by atoms with van der Waals surface area (Å²) in [5, 5.41) is 8.87. The number of rotatable bonds is 16. The zero-order chi connectivity index (χ0) is 35.8. The van der Waals surface area contributed by atoms with Gasteiger partial charge in [0.25, 0.3) is 0 Å². The maximum atomic E-state index is 8.87. The fraction of sp³-hybridized carbons (Fsp3) is 0.125. The van der Waals surface area contributed by atoms with E-state index in [1.807, 2.05) is 12.1 Å². The summed E-state index contributed by atoms with van der Waals surface area (Å²) >= 11 is 5.87. The zero-order valence-corrected chi connectivity index (χ0v) is 30.0. The Kier molecular flexibility index (Phi) is 13.6. The first-order valence-corrected chi connectivity index (χ1v) is 18.1. The van der Waals surface area contributed by atoms with Crippen molar-refractivity contribution in [2.45, 2.75) is 25.7 Å². The van der Waals surface area contributed by atoms with Gasteiger partial charge in [0, 0.05) is 5.88 Å². The van der Waals surface area contributed by atoms with E-state index in [2.05, 4.69) is 170 Å². The van der Waals surface area contributed by atoms with Crippen LogP contribution in [0.1, 0.15) is 55.6 Å². The largest absolute Gasteiger partial charge is 0.394 e. The fourth-order valence-corrected chi connectivity index (χ4v) is 5.76. The van der Waals surface area contributed by atoms with Crippen LogP contribution in [-0.2, 0) is 35.2 Å². The fourth-order valence-electron chi connectivity index (χ4n) is 5.58. The van der Waals surface area contributed by atoms with Crippen molar-refractivity contribution in [1.29, 1.82) is 0 Å². The van der Waals surface area contributed by atoms with Crippen LogP contribution in [0.2, 0.25) is 0 Å². The second-order valence-corrected chi connectivity index (χ2v) is 12.9. The van der Waals surface area contributed by atoms with Crippen LogP contribution in [0.3, 0.4) is 0 Å². The molecule has 0 fully saturated rings. The minimum Gasteiger partial charge on any atom is -0.394 e. The first-order valence-electron chi connectivity index (χ1n) is 17.6. The van der Waals surface area contributed by atoms with Crippen LogP contribution in [0.4, 0.5) is 0 Å². The Morgan fingerprint density at radius 1 is 0.365 bits per heavy atom. The lowest BCUT2D eigenvalue weighted by Gasteiger charge is -2.06. The van der Waals surface area contributed by atoms with Crippen molar-refractivity contribution >= 4 is 48.1 Å². The normalized spacial score (nSPS) is 11.7. The maximum Gasteiger partial charge on any atom is 0.0721 e. The van der Waals surface area contributed by atoms with Gasteiger partial charge in [-0.05, 0) is 66.8 Å². The van der Waals surface area contributed by atoms with Gasteiger partial charge >= 0.3 is 0 Å². The third-order valence-electron chi connectivity index (χ3n) is 8.67. The van der Waals surface area contributed by atoms with Crippen molar-refractivity contribution in [1.82, 2.24) is 0 Å². The summed E-state index contributed by atoms with van der Waals surface area (Å²) in [4.78, 5) is 0. The Hall–Kier alpha value is -5.29. The topological polar surface area (TPSA) is 38.7 Å². The SMILES string of the molecule is OCCOCc1ccc(-c2ccc(/C=C/c3ccc(/C=C/c4ccc(/C=C/c5ccc(COCc6ccc(CCl)cc6)cc5)cc4)cc3)cc2)cc1. The minimum atomic E-state index is 0.0425. The van der Waals surface area contributed by atoms with Crippen LogP contribution in [0.25, 0.3) is 47.6 Å². The second kappa shape index (κ2) is 19.4. The van der Waals surface area contributed by atoms with Crippen molar-refractivity contribution in [3.8, 4) is 11.1 Å². The molecule has 0 saturated carbocycles. The van der Waals surface area contributed by atoms with E-state index in [0.717, 1.165) is 55.6 Å². The molecule has 0 amide bonds. The highest BCUT2D eigenvalue weighted by Crippen LogP contribution is 2.22. The van der Waals surface area contributed by atoms with E-state index in [1.165, 1.54) is 11.1 Å². The number of aliphatic hydroxyl groups is 1. The number of hydrogen-bond donors (Lipinski definition) is 1. The van der Waals surface area contributed by atoms with Crippen molar-refractivity contribution in [3.05, 3.63) is 201 Å². The highest BCUT2D eigenvalue weighted by atomic mass is 35.5. The van der Waals surface area contributed by atoms with Crippen molar-refractivity contribution < 1.29 is 14.6 Å². The van der Waals surface area contributed by atoms with Gasteiger partial charge in [-0.25, -0.2) is 0 Å². The van der Waals surface area contributed by atoms with Gasteiger partial charge in [-0.15, -0.1) is 11.6 Å². The number of alkyl halides is 1. The number of ether oxygens (including phenoxy) is 2. The van der Waals surface area contributed by atoms with Gasteiger partial charge in [0.2, 0.25) is 0 Å². The van der Waals surface area contributed by atoms with E-state index in [9.17, 15) is 0 Å². The molecule has 4 heteroatoms. The van der Waals surface area contributed by atoms with Gasteiger partial charge in [-0.3, -0.25) is 0 Å². The van der Waals surface area contributed by atoms with E-state index in [4.69, 9.17) is 26.2 Å². The number of halogens is 1. The van der Waals surface area contributed by atoms with Gasteiger partial charge in [-0.2, -0.15) is 0 Å². The monoisotopic (exact) mass is 702 g/mol. The van der Waals surface area contributed by atoms with Crippen LogP contribution in [0.5, 0.6) is 0 Å². The molecule has 0 saturated heterocycles. The lowest BCUT2D eigenvalue weighted by atomic mass is 10.0. The van der Waals surface area contributed by atoms with Crippen LogP contribution >= 0.6 is 11.6 Å². The Morgan fingerprint density at radius 2 is 0.635 bits per heavy atom. The van der Waals surface area contributed by atoms with Crippen molar-refractivity contribution in [2.75, 3.05) is 13.2 Å². The average Bonchev–Trinajstić information content (AvgIpc) is 3.20.